The highest BCUT2D eigenvalue weighted by molar-refractivity contribution is 6.31. The van der Waals surface area contributed by atoms with E-state index in [0.717, 1.165) is 16.8 Å². The summed E-state index contributed by atoms with van der Waals surface area (Å²) < 4.78 is 9.38. The van der Waals surface area contributed by atoms with Crippen LogP contribution in [0.4, 0.5) is 5.69 Å². The molecule has 0 spiro atoms. The van der Waals surface area contributed by atoms with E-state index in [1.807, 2.05) is 35.9 Å². The number of hydrogen-bond donors (Lipinski definition) is 0. The molecule has 36 heavy (non-hydrogen) atoms. The van der Waals surface area contributed by atoms with Gasteiger partial charge in [0, 0.05) is 30.0 Å². The van der Waals surface area contributed by atoms with Crippen molar-refractivity contribution in [1.82, 2.24) is 19.1 Å². The minimum Gasteiger partial charge on any atom is -0.487 e. The van der Waals surface area contributed by atoms with E-state index in [-0.39, 0.29) is 5.56 Å². The average molecular weight is 494 g/mol. The van der Waals surface area contributed by atoms with Crippen LogP contribution in [-0.2, 0) is 13.7 Å². The van der Waals surface area contributed by atoms with Crippen LogP contribution in [0.1, 0.15) is 5.69 Å². The van der Waals surface area contributed by atoms with Gasteiger partial charge in [-0.2, -0.15) is 0 Å². The molecule has 5 aromatic rings. The van der Waals surface area contributed by atoms with E-state index < -0.39 is 0 Å². The van der Waals surface area contributed by atoms with Crippen molar-refractivity contribution in [2.75, 3.05) is 0 Å². The van der Waals surface area contributed by atoms with E-state index >= 15 is 0 Å². The molecule has 3 heterocycles. The third-order valence-corrected chi connectivity index (χ3v) is 5.98. The molecule has 5 rings (SSSR count). The lowest BCUT2D eigenvalue weighted by Crippen LogP contribution is -2.20. The quantitative estimate of drug-likeness (QED) is 0.269. The smallest absolute Gasteiger partial charge is 0.263 e. The van der Waals surface area contributed by atoms with Crippen molar-refractivity contribution < 1.29 is 4.74 Å². The fourth-order valence-corrected chi connectivity index (χ4v) is 4.15. The van der Waals surface area contributed by atoms with Crippen LogP contribution in [-0.4, -0.2) is 19.1 Å². The summed E-state index contributed by atoms with van der Waals surface area (Å²) in [5.41, 5.74) is 4.22. The third kappa shape index (κ3) is 4.63. The SMILES string of the molecule is [C-]#[N+]c1ccccc1-c1cc(-c2cc(Cl)cc(OCc3cncn3C)c2)c(=O)n(-c2cccnc2)c1. The molecule has 0 fully saturated rings. The van der Waals surface area contributed by atoms with Gasteiger partial charge in [0.1, 0.15) is 12.4 Å². The van der Waals surface area contributed by atoms with Gasteiger partial charge in [-0.25, -0.2) is 9.83 Å². The van der Waals surface area contributed by atoms with Crippen LogP contribution in [0.3, 0.4) is 0 Å². The van der Waals surface area contributed by atoms with Crippen LogP contribution in [0, 0.1) is 6.57 Å². The van der Waals surface area contributed by atoms with Gasteiger partial charge >= 0.3 is 0 Å². The summed E-state index contributed by atoms with van der Waals surface area (Å²) in [6, 6.07) is 17.9. The zero-order valence-corrected chi connectivity index (χ0v) is 20.1. The molecule has 0 atom stereocenters. The van der Waals surface area contributed by atoms with E-state index in [1.165, 1.54) is 4.57 Å². The van der Waals surface area contributed by atoms with Crippen LogP contribution in [0.15, 0.2) is 96.6 Å². The summed E-state index contributed by atoms with van der Waals surface area (Å²) >= 11 is 6.45. The number of aromatic nitrogens is 4. The number of nitrogens with zero attached hydrogens (tertiary/aromatic N) is 5. The second-order valence-corrected chi connectivity index (χ2v) is 8.55. The maximum Gasteiger partial charge on any atom is 0.263 e. The Morgan fingerprint density at radius 3 is 2.61 bits per heavy atom. The molecule has 3 aromatic heterocycles. The highest BCUT2D eigenvalue weighted by Gasteiger charge is 2.15. The van der Waals surface area contributed by atoms with Crippen molar-refractivity contribution in [1.29, 1.82) is 0 Å². The summed E-state index contributed by atoms with van der Waals surface area (Å²) in [7, 11) is 1.89. The molecule has 0 aliphatic rings. The molecule has 0 amide bonds. The third-order valence-electron chi connectivity index (χ3n) is 5.76. The van der Waals surface area contributed by atoms with Crippen molar-refractivity contribution in [2.24, 2.45) is 7.05 Å². The molecular formula is C28H20ClN5O2. The molecule has 0 unspecified atom stereocenters. The zero-order chi connectivity index (χ0) is 25.1. The molecule has 176 valence electrons. The molecule has 0 radical (unpaired) electrons. The van der Waals surface area contributed by atoms with Gasteiger partial charge < -0.3 is 9.30 Å². The topological polar surface area (TPSA) is 66.3 Å². The zero-order valence-electron chi connectivity index (χ0n) is 19.3. The molecule has 0 saturated heterocycles. The Hall–Kier alpha value is -4.67. The lowest BCUT2D eigenvalue weighted by Gasteiger charge is -2.14. The first-order chi connectivity index (χ1) is 17.5. The number of benzene rings is 2. The Morgan fingerprint density at radius 2 is 1.86 bits per heavy atom. The number of pyridine rings is 2. The molecule has 7 nitrogen and oxygen atoms in total. The summed E-state index contributed by atoms with van der Waals surface area (Å²) in [5.74, 6) is 0.526. The number of aryl methyl sites for hydroxylation is 1. The van der Waals surface area contributed by atoms with Gasteiger partial charge in [0.25, 0.3) is 5.56 Å². The number of rotatable bonds is 6. The van der Waals surface area contributed by atoms with Crippen molar-refractivity contribution >= 4 is 17.3 Å². The molecule has 0 aliphatic carbocycles. The number of halogens is 1. The minimum absolute atomic E-state index is 0.244. The van der Waals surface area contributed by atoms with Gasteiger partial charge in [0.2, 0.25) is 0 Å². The van der Waals surface area contributed by atoms with Crippen LogP contribution in [0.2, 0.25) is 5.02 Å². The van der Waals surface area contributed by atoms with Gasteiger partial charge in [-0.3, -0.25) is 14.3 Å². The van der Waals surface area contributed by atoms with Crippen LogP contribution in [0.5, 0.6) is 5.75 Å². The Bertz CT molecular complexity index is 1650. The maximum atomic E-state index is 13.7. The van der Waals surface area contributed by atoms with E-state index in [9.17, 15) is 4.79 Å². The first-order valence-corrected chi connectivity index (χ1v) is 11.4. The Kier molecular flexibility index (Phi) is 6.35. The predicted octanol–water partition coefficient (Wildman–Crippen LogP) is 6.08. The van der Waals surface area contributed by atoms with Gasteiger partial charge in [0.05, 0.1) is 36.7 Å². The van der Waals surface area contributed by atoms with Crippen LogP contribution >= 0.6 is 11.6 Å². The molecule has 0 saturated carbocycles. The molecule has 2 aromatic carbocycles. The fraction of sp³-hybridized carbons (Fsp3) is 0.0714. The van der Waals surface area contributed by atoms with Crippen LogP contribution < -0.4 is 10.3 Å². The Morgan fingerprint density at radius 1 is 1.00 bits per heavy atom. The van der Waals surface area contributed by atoms with Crippen molar-refractivity contribution in [3.8, 4) is 33.7 Å². The standard InChI is InChI=1S/C28H20ClN5O2/c1-30-27-8-4-3-7-25(27)20-12-26(28(35)34(16-20)22-6-5-9-31-14-22)19-10-21(29)13-24(11-19)36-17-23-15-32-18-33(23)2/h3-16,18H,17H2,2H3. The Balaban J connectivity index is 1.66. The van der Waals surface area contributed by atoms with Crippen LogP contribution in [0.25, 0.3) is 32.8 Å². The second kappa shape index (κ2) is 9.90. The van der Waals surface area contributed by atoms with Gasteiger partial charge in [-0.15, -0.1) is 0 Å². The molecule has 0 N–H and O–H groups in total. The summed E-state index contributed by atoms with van der Waals surface area (Å²) in [6.45, 7) is 7.89. The number of ether oxygens (including phenoxy) is 1. The van der Waals surface area contributed by atoms with Crippen molar-refractivity contribution in [3.05, 3.63) is 124 Å². The minimum atomic E-state index is -0.244. The average Bonchev–Trinajstić information content (AvgIpc) is 3.32. The fourth-order valence-electron chi connectivity index (χ4n) is 3.92. The molecular weight excluding hydrogens is 474 g/mol. The van der Waals surface area contributed by atoms with E-state index in [0.29, 0.717) is 39.9 Å². The highest BCUT2D eigenvalue weighted by Crippen LogP contribution is 2.34. The first kappa shape index (κ1) is 23.1. The normalized spacial score (nSPS) is 10.7. The number of para-hydroxylation sites is 1. The van der Waals surface area contributed by atoms with Gasteiger partial charge in [-0.05, 0) is 53.1 Å². The molecule has 0 bridgehead atoms. The van der Waals surface area contributed by atoms with E-state index in [2.05, 4.69) is 14.8 Å². The first-order valence-electron chi connectivity index (χ1n) is 11.1. The van der Waals surface area contributed by atoms with Crippen molar-refractivity contribution in [2.45, 2.75) is 6.61 Å². The van der Waals surface area contributed by atoms with Crippen molar-refractivity contribution in [3.63, 3.8) is 0 Å². The maximum absolute atomic E-state index is 13.7. The summed E-state index contributed by atoms with van der Waals surface area (Å²) in [6.07, 6.45) is 8.44. The second-order valence-electron chi connectivity index (χ2n) is 8.12. The largest absolute Gasteiger partial charge is 0.487 e. The monoisotopic (exact) mass is 493 g/mol. The predicted molar refractivity (Wildman–Crippen MR) is 140 cm³/mol. The van der Waals surface area contributed by atoms with E-state index in [1.54, 1.807) is 67.5 Å². The van der Waals surface area contributed by atoms with Gasteiger partial charge in [0.15, 0.2) is 5.69 Å². The number of imidazole rings is 1. The van der Waals surface area contributed by atoms with Gasteiger partial charge in [-0.1, -0.05) is 35.9 Å². The lowest BCUT2D eigenvalue weighted by molar-refractivity contribution is 0.297. The summed E-state index contributed by atoms with van der Waals surface area (Å²) in [5, 5.41) is 0.437. The number of hydrogen-bond acceptors (Lipinski definition) is 4. The lowest BCUT2D eigenvalue weighted by atomic mass is 10.00. The highest BCUT2D eigenvalue weighted by atomic mass is 35.5. The molecule has 0 aliphatic heterocycles. The van der Waals surface area contributed by atoms with E-state index in [4.69, 9.17) is 22.9 Å². The molecule has 8 heteroatoms. The summed E-state index contributed by atoms with van der Waals surface area (Å²) in [4.78, 5) is 25.6. The Labute approximate surface area is 212 Å².